The van der Waals surface area contributed by atoms with Gasteiger partial charge in [-0.3, -0.25) is 0 Å². The van der Waals surface area contributed by atoms with Gasteiger partial charge in [0.2, 0.25) is 0 Å². The minimum atomic E-state index is -0.983. The number of hydrogen-bond donors (Lipinski definition) is 1. The van der Waals surface area contributed by atoms with Gasteiger partial charge in [-0.1, -0.05) is 26.0 Å². The van der Waals surface area contributed by atoms with Gasteiger partial charge in [-0.25, -0.2) is 4.79 Å². The van der Waals surface area contributed by atoms with Crippen molar-refractivity contribution in [3.05, 3.63) is 29.3 Å². The molecule has 0 bridgehead atoms. The third-order valence-electron chi connectivity index (χ3n) is 1.88. The van der Waals surface area contributed by atoms with Gasteiger partial charge in [0.05, 0.1) is 5.56 Å². The number of aromatic carboxylic acids is 1. The molecule has 0 saturated carbocycles. The number of carbonyl (C=O) groups is 1. The van der Waals surface area contributed by atoms with Crippen LogP contribution in [-0.2, 0) is 0 Å². The monoisotopic (exact) mass is 179 g/mol. The van der Waals surface area contributed by atoms with Crippen LogP contribution in [-0.4, -0.2) is 11.1 Å². The first kappa shape index (κ1) is 9.58. The van der Waals surface area contributed by atoms with Crippen LogP contribution in [0.15, 0.2) is 18.2 Å². The van der Waals surface area contributed by atoms with Gasteiger partial charge in [0.15, 0.2) is 0 Å². The maximum Gasteiger partial charge on any atom is 0.335 e. The van der Waals surface area contributed by atoms with Crippen molar-refractivity contribution in [1.82, 2.24) is 0 Å². The average molecular weight is 179 g/mol. The first-order chi connectivity index (χ1) is 6.02. The van der Waals surface area contributed by atoms with E-state index in [0.717, 1.165) is 0 Å². The van der Waals surface area contributed by atoms with Crippen molar-refractivity contribution in [2.45, 2.75) is 19.8 Å². The van der Waals surface area contributed by atoms with Gasteiger partial charge in [0, 0.05) is 0 Å². The van der Waals surface area contributed by atoms with E-state index in [4.69, 9.17) is 5.11 Å². The largest absolute Gasteiger partial charge is 0.872 e. The minimum Gasteiger partial charge on any atom is -0.872 e. The van der Waals surface area contributed by atoms with Crippen molar-refractivity contribution in [1.29, 1.82) is 0 Å². The van der Waals surface area contributed by atoms with Crippen molar-refractivity contribution >= 4 is 5.97 Å². The van der Waals surface area contributed by atoms with E-state index in [0.29, 0.717) is 5.56 Å². The second kappa shape index (κ2) is 3.47. The molecule has 0 unspecified atom stereocenters. The van der Waals surface area contributed by atoms with Crippen molar-refractivity contribution in [2.24, 2.45) is 0 Å². The molecule has 0 aliphatic rings. The number of carboxylic acids is 1. The normalized spacial score (nSPS) is 10.4. The SMILES string of the molecule is CC(C)c1cc([O-])ccc1C(=O)O. The van der Waals surface area contributed by atoms with E-state index >= 15 is 0 Å². The Balaban J connectivity index is 3.26. The summed E-state index contributed by atoms with van der Waals surface area (Å²) in [5.74, 6) is -1.07. The molecule has 1 N–H and O–H groups in total. The quantitative estimate of drug-likeness (QED) is 0.749. The Labute approximate surface area is 76.6 Å². The molecule has 0 spiro atoms. The second-order valence-corrected chi connectivity index (χ2v) is 3.21. The van der Waals surface area contributed by atoms with Crippen LogP contribution >= 0.6 is 0 Å². The summed E-state index contributed by atoms with van der Waals surface area (Å²) < 4.78 is 0. The molecule has 13 heavy (non-hydrogen) atoms. The second-order valence-electron chi connectivity index (χ2n) is 3.21. The molecule has 0 aliphatic carbocycles. The Hall–Kier alpha value is -1.51. The number of benzene rings is 1. The lowest BCUT2D eigenvalue weighted by Gasteiger charge is -2.13. The maximum atomic E-state index is 11.0. The summed E-state index contributed by atoms with van der Waals surface area (Å²) in [7, 11) is 0. The zero-order valence-electron chi connectivity index (χ0n) is 7.57. The van der Waals surface area contributed by atoms with Crippen LogP contribution in [0.3, 0.4) is 0 Å². The van der Waals surface area contributed by atoms with E-state index in [1.165, 1.54) is 18.2 Å². The molecular formula is C10H11O3-. The van der Waals surface area contributed by atoms with Gasteiger partial charge in [0.25, 0.3) is 0 Å². The van der Waals surface area contributed by atoms with Crippen LogP contribution in [0.1, 0.15) is 35.7 Å². The first-order valence-electron chi connectivity index (χ1n) is 4.06. The predicted octanol–water partition coefficient (Wildman–Crippen LogP) is 1.58. The van der Waals surface area contributed by atoms with Crippen LogP contribution in [0.4, 0.5) is 0 Å². The van der Waals surface area contributed by atoms with Crippen LogP contribution < -0.4 is 5.11 Å². The highest BCUT2D eigenvalue weighted by molar-refractivity contribution is 5.89. The molecule has 1 aromatic carbocycles. The smallest absolute Gasteiger partial charge is 0.335 e. The zero-order chi connectivity index (χ0) is 10.0. The van der Waals surface area contributed by atoms with Gasteiger partial charge >= 0.3 is 5.97 Å². The maximum absolute atomic E-state index is 11.0. The Bertz CT molecular complexity index is 329. The minimum absolute atomic E-state index is 0.0556. The molecular weight excluding hydrogens is 168 g/mol. The molecule has 0 fully saturated rings. The number of carboxylic acid groups (broad SMARTS) is 1. The fraction of sp³-hybridized carbons (Fsp3) is 0.300. The van der Waals surface area contributed by atoms with Gasteiger partial charge in [-0.15, -0.1) is 5.75 Å². The Kier molecular flexibility index (Phi) is 2.56. The lowest BCUT2D eigenvalue weighted by molar-refractivity contribution is -0.268. The molecule has 0 saturated heterocycles. The van der Waals surface area contributed by atoms with Crippen LogP contribution in [0, 0.1) is 0 Å². The van der Waals surface area contributed by atoms with Gasteiger partial charge in [-0.05, 0) is 17.5 Å². The van der Waals surface area contributed by atoms with Crippen molar-refractivity contribution in [2.75, 3.05) is 0 Å². The Morgan fingerprint density at radius 1 is 1.46 bits per heavy atom. The summed E-state index contributed by atoms with van der Waals surface area (Å²) in [5, 5.41) is 19.8. The Morgan fingerprint density at radius 2 is 2.08 bits per heavy atom. The van der Waals surface area contributed by atoms with E-state index < -0.39 is 5.97 Å². The topological polar surface area (TPSA) is 60.4 Å². The summed E-state index contributed by atoms with van der Waals surface area (Å²) >= 11 is 0. The summed E-state index contributed by atoms with van der Waals surface area (Å²) in [4.78, 5) is 10.7. The van der Waals surface area contributed by atoms with Crippen LogP contribution in [0.25, 0.3) is 0 Å². The highest BCUT2D eigenvalue weighted by atomic mass is 16.4. The lowest BCUT2D eigenvalue weighted by atomic mass is 9.97. The Morgan fingerprint density at radius 3 is 2.54 bits per heavy atom. The van der Waals surface area contributed by atoms with E-state index in [2.05, 4.69) is 0 Å². The average Bonchev–Trinajstić information content (AvgIpc) is 2.03. The van der Waals surface area contributed by atoms with Gasteiger partial charge in [0.1, 0.15) is 0 Å². The first-order valence-corrected chi connectivity index (χ1v) is 4.06. The third-order valence-corrected chi connectivity index (χ3v) is 1.88. The van der Waals surface area contributed by atoms with E-state index in [-0.39, 0.29) is 17.2 Å². The highest BCUT2D eigenvalue weighted by Crippen LogP contribution is 2.22. The predicted molar refractivity (Wildman–Crippen MR) is 46.9 cm³/mol. The van der Waals surface area contributed by atoms with E-state index in [1.54, 1.807) is 0 Å². The van der Waals surface area contributed by atoms with Crippen molar-refractivity contribution in [3.63, 3.8) is 0 Å². The molecule has 0 amide bonds. The van der Waals surface area contributed by atoms with Crippen LogP contribution in [0.5, 0.6) is 5.75 Å². The molecule has 3 heteroatoms. The summed E-state index contributed by atoms with van der Waals surface area (Å²) in [5.41, 5.74) is 0.814. The summed E-state index contributed by atoms with van der Waals surface area (Å²) in [6.45, 7) is 3.72. The zero-order valence-corrected chi connectivity index (χ0v) is 7.57. The highest BCUT2D eigenvalue weighted by Gasteiger charge is 2.11. The van der Waals surface area contributed by atoms with E-state index in [9.17, 15) is 9.90 Å². The van der Waals surface area contributed by atoms with Crippen LogP contribution in [0.2, 0.25) is 0 Å². The van der Waals surface area contributed by atoms with Gasteiger partial charge in [-0.2, -0.15) is 0 Å². The van der Waals surface area contributed by atoms with Crippen molar-refractivity contribution in [3.8, 4) is 5.75 Å². The summed E-state index contributed by atoms with van der Waals surface area (Å²) in [6.07, 6.45) is 0. The molecule has 70 valence electrons. The standard InChI is InChI=1S/C10H12O3/c1-6(2)9-5-7(11)3-4-8(9)10(12)13/h3-6,11H,1-2H3,(H,12,13)/p-1. The molecule has 0 aliphatic heterocycles. The molecule has 0 atom stereocenters. The molecule has 3 nitrogen and oxygen atoms in total. The number of hydrogen-bond acceptors (Lipinski definition) is 2. The van der Waals surface area contributed by atoms with E-state index in [1.807, 2.05) is 13.8 Å². The molecule has 1 rings (SSSR count). The fourth-order valence-corrected chi connectivity index (χ4v) is 1.21. The number of rotatable bonds is 2. The van der Waals surface area contributed by atoms with Crippen molar-refractivity contribution < 1.29 is 15.0 Å². The molecule has 1 aromatic rings. The molecule has 0 heterocycles. The summed E-state index contributed by atoms with van der Waals surface area (Å²) in [6, 6.07) is 4.02. The third kappa shape index (κ3) is 1.99. The molecule has 0 aromatic heterocycles. The lowest BCUT2D eigenvalue weighted by Crippen LogP contribution is -2.05. The van der Waals surface area contributed by atoms with Gasteiger partial charge < -0.3 is 10.2 Å². The molecule has 0 radical (unpaired) electrons. The fourth-order valence-electron chi connectivity index (χ4n) is 1.21.